The van der Waals surface area contributed by atoms with Crippen molar-refractivity contribution in [3.63, 3.8) is 0 Å². The number of nitrogens with one attached hydrogen (secondary N) is 1. The molecule has 0 aliphatic carbocycles. The van der Waals surface area contributed by atoms with Gasteiger partial charge in [0.2, 0.25) is 0 Å². The van der Waals surface area contributed by atoms with E-state index in [1.54, 1.807) is 6.20 Å². The van der Waals surface area contributed by atoms with Crippen molar-refractivity contribution in [2.24, 2.45) is 0 Å². The van der Waals surface area contributed by atoms with Gasteiger partial charge in [-0.1, -0.05) is 18.5 Å². The third kappa shape index (κ3) is 4.76. The van der Waals surface area contributed by atoms with Crippen molar-refractivity contribution in [1.29, 1.82) is 0 Å². The Morgan fingerprint density at radius 2 is 2.29 bits per heavy atom. The summed E-state index contributed by atoms with van der Waals surface area (Å²) in [7, 11) is 0. The zero-order valence-corrected chi connectivity index (χ0v) is 13.3. The first-order valence-electron chi connectivity index (χ1n) is 7.32. The van der Waals surface area contributed by atoms with Crippen LogP contribution in [0.25, 0.3) is 0 Å². The SMILES string of the molecule is CCNC(C)c1cc(Cl)ccc1OCCCn1ccnc1. The predicted octanol–water partition coefficient (Wildman–Crippen LogP) is 3.68. The summed E-state index contributed by atoms with van der Waals surface area (Å²) in [6, 6.07) is 6.01. The van der Waals surface area contributed by atoms with Gasteiger partial charge in [0.15, 0.2) is 0 Å². The second kappa shape index (κ2) is 8.05. The molecule has 0 fully saturated rings. The minimum Gasteiger partial charge on any atom is -0.493 e. The minimum atomic E-state index is 0.220. The number of halogens is 1. The molecule has 0 spiro atoms. The van der Waals surface area contributed by atoms with Crippen molar-refractivity contribution in [3.8, 4) is 5.75 Å². The van der Waals surface area contributed by atoms with Crippen molar-refractivity contribution < 1.29 is 4.74 Å². The highest BCUT2D eigenvalue weighted by Gasteiger charge is 2.11. The predicted molar refractivity (Wildman–Crippen MR) is 85.9 cm³/mol. The number of aromatic nitrogens is 2. The molecule has 0 amide bonds. The summed E-state index contributed by atoms with van der Waals surface area (Å²) in [6.07, 6.45) is 6.51. The summed E-state index contributed by atoms with van der Waals surface area (Å²) in [4.78, 5) is 4.03. The van der Waals surface area contributed by atoms with Gasteiger partial charge in [0.1, 0.15) is 5.75 Å². The van der Waals surface area contributed by atoms with Crippen LogP contribution in [0.1, 0.15) is 31.9 Å². The van der Waals surface area contributed by atoms with Gasteiger partial charge < -0.3 is 14.6 Å². The monoisotopic (exact) mass is 307 g/mol. The van der Waals surface area contributed by atoms with Crippen molar-refractivity contribution in [2.45, 2.75) is 32.9 Å². The fraction of sp³-hybridized carbons (Fsp3) is 0.438. The largest absolute Gasteiger partial charge is 0.493 e. The molecular formula is C16H22ClN3O. The normalized spacial score (nSPS) is 12.3. The molecule has 0 bridgehead atoms. The number of rotatable bonds is 8. The average Bonchev–Trinajstić information content (AvgIpc) is 2.98. The fourth-order valence-corrected chi connectivity index (χ4v) is 2.43. The van der Waals surface area contributed by atoms with Crippen molar-refractivity contribution in [3.05, 3.63) is 47.5 Å². The highest BCUT2D eigenvalue weighted by molar-refractivity contribution is 6.30. The maximum absolute atomic E-state index is 6.10. The van der Waals surface area contributed by atoms with Gasteiger partial charge in [-0.2, -0.15) is 0 Å². The van der Waals surface area contributed by atoms with Crippen LogP contribution in [0.15, 0.2) is 36.9 Å². The van der Waals surface area contributed by atoms with Crippen molar-refractivity contribution in [1.82, 2.24) is 14.9 Å². The molecule has 1 atom stereocenters. The molecule has 5 heteroatoms. The Bertz CT molecular complexity index is 542. The van der Waals surface area contributed by atoms with Crippen LogP contribution in [0, 0.1) is 0 Å². The van der Waals surface area contributed by atoms with Gasteiger partial charge in [-0.25, -0.2) is 4.98 Å². The first-order chi connectivity index (χ1) is 10.2. The second-order valence-corrected chi connectivity index (χ2v) is 5.40. The summed E-state index contributed by atoms with van der Waals surface area (Å²) < 4.78 is 7.97. The second-order valence-electron chi connectivity index (χ2n) is 4.96. The van der Waals surface area contributed by atoms with Gasteiger partial charge >= 0.3 is 0 Å². The average molecular weight is 308 g/mol. The smallest absolute Gasteiger partial charge is 0.124 e. The van der Waals surface area contributed by atoms with Crippen molar-refractivity contribution in [2.75, 3.05) is 13.2 Å². The molecule has 1 heterocycles. The van der Waals surface area contributed by atoms with Crippen LogP contribution in [0.2, 0.25) is 5.02 Å². The molecule has 1 N–H and O–H groups in total. The van der Waals surface area contributed by atoms with Gasteiger partial charge in [0.25, 0.3) is 0 Å². The third-order valence-electron chi connectivity index (χ3n) is 3.33. The summed E-state index contributed by atoms with van der Waals surface area (Å²) >= 11 is 6.10. The maximum atomic E-state index is 6.10. The number of imidazole rings is 1. The van der Waals surface area contributed by atoms with Crippen LogP contribution < -0.4 is 10.1 Å². The highest BCUT2D eigenvalue weighted by atomic mass is 35.5. The Hall–Kier alpha value is -1.52. The molecule has 2 rings (SSSR count). The van der Waals surface area contributed by atoms with E-state index in [9.17, 15) is 0 Å². The number of aryl methyl sites for hydroxylation is 1. The standard InChI is InChI=1S/C16H22ClN3O/c1-3-19-13(2)15-11-14(17)5-6-16(15)21-10-4-8-20-9-7-18-12-20/h5-7,9,11-13,19H,3-4,8,10H2,1-2H3. The van der Waals surface area contributed by atoms with Crippen LogP contribution in [-0.4, -0.2) is 22.7 Å². The van der Waals surface area contributed by atoms with E-state index < -0.39 is 0 Å². The fourth-order valence-electron chi connectivity index (χ4n) is 2.25. The van der Waals surface area contributed by atoms with Gasteiger partial charge in [-0.3, -0.25) is 0 Å². The van der Waals surface area contributed by atoms with E-state index in [0.29, 0.717) is 6.61 Å². The number of hydrogen-bond acceptors (Lipinski definition) is 3. The molecule has 0 saturated carbocycles. The van der Waals surface area contributed by atoms with E-state index >= 15 is 0 Å². The lowest BCUT2D eigenvalue weighted by Crippen LogP contribution is -2.18. The quantitative estimate of drug-likeness (QED) is 0.756. The molecule has 114 valence electrons. The summed E-state index contributed by atoms with van der Waals surface area (Å²) in [5.74, 6) is 0.901. The topological polar surface area (TPSA) is 39.1 Å². The van der Waals surface area contributed by atoms with E-state index in [-0.39, 0.29) is 6.04 Å². The molecule has 0 saturated heterocycles. The van der Waals surface area contributed by atoms with Gasteiger partial charge in [-0.15, -0.1) is 0 Å². The lowest BCUT2D eigenvalue weighted by Gasteiger charge is -2.18. The zero-order valence-electron chi connectivity index (χ0n) is 12.6. The van der Waals surface area contributed by atoms with Crippen molar-refractivity contribution >= 4 is 11.6 Å². The van der Waals surface area contributed by atoms with E-state index in [4.69, 9.17) is 16.3 Å². The molecule has 1 aromatic heterocycles. The third-order valence-corrected chi connectivity index (χ3v) is 3.56. The zero-order chi connectivity index (χ0) is 15.1. The first kappa shape index (κ1) is 15.9. The minimum absolute atomic E-state index is 0.220. The summed E-state index contributed by atoms with van der Waals surface area (Å²) in [6.45, 7) is 6.70. The Morgan fingerprint density at radius 3 is 3.00 bits per heavy atom. The van der Waals surface area contributed by atoms with E-state index in [2.05, 4.69) is 24.1 Å². The lowest BCUT2D eigenvalue weighted by molar-refractivity contribution is 0.296. The Morgan fingerprint density at radius 1 is 1.43 bits per heavy atom. The van der Waals surface area contributed by atoms with E-state index in [0.717, 1.165) is 35.8 Å². The number of ether oxygens (including phenoxy) is 1. The van der Waals surface area contributed by atoms with Crippen LogP contribution >= 0.6 is 11.6 Å². The molecule has 1 aromatic carbocycles. The van der Waals surface area contributed by atoms with Gasteiger partial charge in [0.05, 0.1) is 12.9 Å². The van der Waals surface area contributed by atoms with E-state index in [1.807, 2.05) is 35.3 Å². The van der Waals surface area contributed by atoms with Crippen LogP contribution in [0.3, 0.4) is 0 Å². The van der Waals surface area contributed by atoms with Crippen LogP contribution in [0.5, 0.6) is 5.75 Å². The number of hydrogen-bond donors (Lipinski definition) is 1. The molecule has 0 aliphatic rings. The maximum Gasteiger partial charge on any atom is 0.124 e. The molecule has 0 radical (unpaired) electrons. The van der Waals surface area contributed by atoms with Crippen LogP contribution in [-0.2, 0) is 6.54 Å². The lowest BCUT2D eigenvalue weighted by atomic mass is 10.1. The molecule has 4 nitrogen and oxygen atoms in total. The van der Waals surface area contributed by atoms with Crippen LogP contribution in [0.4, 0.5) is 0 Å². The Balaban J connectivity index is 1.92. The first-order valence-corrected chi connectivity index (χ1v) is 7.70. The molecule has 1 unspecified atom stereocenters. The number of nitrogens with zero attached hydrogens (tertiary/aromatic N) is 2. The molecule has 21 heavy (non-hydrogen) atoms. The molecule has 2 aromatic rings. The number of benzene rings is 1. The Kier molecular flexibility index (Phi) is 6.08. The summed E-state index contributed by atoms with van der Waals surface area (Å²) in [5.41, 5.74) is 1.10. The molecular weight excluding hydrogens is 286 g/mol. The molecule has 0 aliphatic heterocycles. The highest BCUT2D eigenvalue weighted by Crippen LogP contribution is 2.28. The van der Waals surface area contributed by atoms with Gasteiger partial charge in [0, 0.05) is 35.6 Å². The Labute approximate surface area is 131 Å². The van der Waals surface area contributed by atoms with Gasteiger partial charge in [-0.05, 0) is 38.1 Å². The summed E-state index contributed by atoms with van der Waals surface area (Å²) in [5, 5.41) is 4.13. The van der Waals surface area contributed by atoms with E-state index in [1.165, 1.54) is 0 Å².